The van der Waals surface area contributed by atoms with E-state index < -0.39 is 0 Å². The molecule has 0 aliphatic rings. The van der Waals surface area contributed by atoms with Crippen LogP contribution in [0.2, 0.25) is 0 Å². The van der Waals surface area contributed by atoms with E-state index in [1.165, 1.54) is 4.68 Å². The lowest BCUT2D eigenvalue weighted by molar-refractivity contribution is -0.118. The molecule has 2 aromatic rings. The van der Waals surface area contributed by atoms with E-state index in [0.29, 0.717) is 37.2 Å². The van der Waals surface area contributed by atoms with Gasteiger partial charge in [-0.05, 0) is 12.5 Å². The summed E-state index contributed by atoms with van der Waals surface area (Å²) in [6, 6.07) is 1.78. The molecule has 0 aliphatic heterocycles. The van der Waals surface area contributed by atoms with Crippen LogP contribution in [-0.4, -0.2) is 44.2 Å². The number of primary amides is 1. The number of nitrogens with two attached hydrogens (primary N) is 1. The van der Waals surface area contributed by atoms with Gasteiger partial charge in [-0.3, -0.25) is 4.79 Å². The molecule has 0 aromatic carbocycles. The summed E-state index contributed by atoms with van der Waals surface area (Å²) in [6.07, 6.45) is 4.32. The van der Waals surface area contributed by atoms with Gasteiger partial charge in [0.1, 0.15) is 0 Å². The molecule has 0 spiro atoms. The van der Waals surface area contributed by atoms with Crippen LogP contribution in [0.5, 0.6) is 0 Å². The van der Waals surface area contributed by atoms with E-state index in [1.54, 1.807) is 25.5 Å². The number of carbonyl (C=O) groups excluding carboxylic acids is 1. The molecular formula is C11H16N8O. The highest BCUT2D eigenvalue weighted by molar-refractivity contribution is 5.73. The van der Waals surface area contributed by atoms with Gasteiger partial charge in [0.05, 0.1) is 0 Å². The van der Waals surface area contributed by atoms with Crippen LogP contribution in [0.3, 0.4) is 0 Å². The Kier molecular flexibility index (Phi) is 4.43. The molecule has 20 heavy (non-hydrogen) atoms. The predicted octanol–water partition coefficient (Wildman–Crippen LogP) is -0.224. The standard InChI is InChI=1S/C11H16N8O/c1-13-9-16-10(14-5-2-4-8(12)20)18-11(17-9)19-7-3-6-15-19/h3,6-7H,2,4-5H2,1H3,(H2,12,20)(H2,13,14,16,17,18). The summed E-state index contributed by atoms with van der Waals surface area (Å²) in [7, 11) is 1.72. The van der Waals surface area contributed by atoms with Gasteiger partial charge in [0, 0.05) is 32.4 Å². The van der Waals surface area contributed by atoms with E-state index in [2.05, 4.69) is 30.7 Å². The lowest BCUT2D eigenvalue weighted by Gasteiger charge is -2.08. The van der Waals surface area contributed by atoms with Crippen molar-refractivity contribution in [3.05, 3.63) is 18.5 Å². The molecule has 9 nitrogen and oxygen atoms in total. The van der Waals surface area contributed by atoms with Gasteiger partial charge in [-0.15, -0.1) is 0 Å². The van der Waals surface area contributed by atoms with E-state index in [1.807, 2.05) is 0 Å². The van der Waals surface area contributed by atoms with Crippen LogP contribution in [0.15, 0.2) is 18.5 Å². The molecule has 0 saturated heterocycles. The maximum absolute atomic E-state index is 10.7. The second kappa shape index (κ2) is 6.45. The summed E-state index contributed by atoms with van der Waals surface area (Å²) in [4.78, 5) is 23.3. The zero-order valence-electron chi connectivity index (χ0n) is 11.1. The Hall–Kier alpha value is -2.71. The van der Waals surface area contributed by atoms with E-state index in [-0.39, 0.29) is 5.91 Å². The second-order valence-corrected chi connectivity index (χ2v) is 3.98. The summed E-state index contributed by atoms with van der Waals surface area (Å²) in [5.74, 6) is 0.935. The minimum absolute atomic E-state index is 0.322. The predicted molar refractivity (Wildman–Crippen MR) is 73.4 cm³/mol. The molecule has 0 fully saturated rings. The Labute approximate surface area is 115 Å². The molecule has 4 N–H and O–H groups in total. The first-order chi connectivity index (χ1) is 9.69. The Morgan fingerprint density at radius 3 is 2.80 bits per heavy atom. The maximum Gasteiger partial charge on any atom is 0.257 e. The van der Waals surface area contributed by atoms with E-state index in [9.17, 15) is 4.79 Å². The lowest BCUT2D eigenvalue weighted by atomic mass is 10.3. The number of nitrogens with one attached hydrogen (secondary N) is 2. The zero-order chi connectivity index (χ0) is 14.4. The van der Waals surface area contributed by atoms with Crippen molar-refractivity contribution in [2.75, 3.05) is 24.2 Å². The minimum atomic E-state index is -0.324. The van der Waals surface area contributed by atoms with Gasteiger partial charge in [-0.2, -0.15) is 20.1 Å². The van der Waals surface area contributed by atoms with Crippen LogP contribution in [0.1, 0.15) is 12.8 Å². The molecule has 2 heterocycles. The number of anilines is 2. The molecule has 1 amide bonds. The normalized spacial score (nSPS) is 10.2. The molecule has 9 heteroatoms. The molecule has 2 rings (SSSR count). The number of amides is 1. The SMILES string of the molecule is CNc1nc(NCCCC(N)=O)nc(-n2cccn2)n1. The molecule has 0 saturated carbocycles. The number of carbonyl (C=O) groups is 1. The Balaban J connectivity index is 2.08. The van der Waals surface area contributed by atoms with Crippen LogP contribution in [0.4, 0.5) is 11.9 Å². The Morgan fingerprint density at radius 1 is 1.35 bits per heavy atom. The molecule has 106 valence electrons. The van der Waals surface area contributed by atoms with Crippen LogP contribution in [0.25, 0.3) is 5.95 Å². The van der Waals surface area contributed by atoms with Crippen molar-refractivity contribution in [3.63, 3.8) is 0 Å². The second-order valence-electron chi connectivity index (χ2n) is 3.98. The van der Waals surface area contributed by atoms with Crippen molar-refractivity contribution in [2.24, 2.45) is 5.73 Å². The third-order valence-electron chi connectivity index (χ3n) is 2.44. The van der Waals surface area contributed by atoms with Crippen molar-refractivity contribution >= 4 is 17.8 Å². The lowest BCUT2D eigenvalue weighted by Crippen LogP contribution is -2.15. The van der Waals surface area contributed by atoms with E-state index in [4.69, 9.17) is 5.73 Å². The monoisotopic (exact) mass is 276 g/mol. The molecule has 0 bridgehead atoms. The van der Waals surface area contributed by atoms with Gasteiger partial charge in [-0.1, -0.05) is 0 Å². The fourth-order valence-corrected chi connectivity index (χ4v) is 1.51. The summed E-state index contributed by atoms with van der Waals surface area (Å²) < 4.78 is 1.54. The summed E-state index contributed by atoms with van der Waals surface area (Å²) in [6.45, 7) is 0.550. The van der Waals surface area contributed by atoms with Gasteiger partial charge in [-0.25, -0.2) is 4.68 Å². The average molecular weight is 276 g/mol. The first-order valence-corrected chi connectivity index (χ1v) is 6.15. The Morgan fingerprint density at radius 2 is 2.15 bits per heavy atom. The van der Waals surface area contributed by atoms with E-state index in [0.717, 1.165) is 0 Å². The molecule has 0 aliphatic carbocycles. The van der Waals surface area contributed by atoms with Gasteiger partial charge >= 0.3 is 0 Å². The van der Waals surface area contributed by atoms with Crippen LogP contribution < -0.4 is 16.4 Å². The fourth-order valence-electron chi connectivity index (χ4n) is 1.51. The summed E-state index contributed by atoms with van der Waals surface area (Å²) >= 11 is 0. The van der Waals surface area contributed by atoms with Crippen molar-refractivity contribution in [1.29, 1.82) is 0 Å². The molecule has 0 radical (unpaired) electrons. The third kappa shape index (κ3) is 3.64. The number of aromatic nitrogens is 5. The first-order valence-electron chi connectivity index (χ1n) is 6.15. The zero-order valence-corrected chi connectivity index (χ0v) is 11.1. The van der Waals surface area contributed by atoms with Crippen LogP contribution >= 0.6 is 0 Å². The average Bonchev–Trinajstić information content (AvgIpc) is 2.97. The number of rotatable bonds is 7. The van der Waals surface area contributed by atoms with Crippen LogP contribution in [0, 0.1) is 0 Å². The number of hydrogen-bond acceptors (Lipinski definition) is 7. The minimum Gasteiger partial charge on any atom is -0.370 e. The maximum atomic E-state index is 10.7. The summed E-state index contributed by atoms with van der Waals surface area (Å²) in [5, 5.41) is 9.96. The summed E-state index contributed by atoms with van der Waals surface area (Å²) in [5.41, 5.74) is 5.08. The van der Waals surface area contributed by atoms with E-state index >= 15 is 0 Å². The van der Waals surface area contributed by atoms with Gasteiger partial charge in [0.15, 0.2) is 0 Å². The molecule has 0 atom stereocenters. The third-order valence-corrected chi connectivity index (χ3v) is 2.44. The van der Waals surface area contributed by atoms with Crippen molar-refractivity contribution < 1.29 is 4.79 Å². The largest absolute Gasteiger partial charge is 0.370 e. The number of nitrogens with zero attached hydrogens (tertiary/aromatic N) is 5. The molecular weight excluding hydrogens is 260 g/mol. The quantitative estimate of drug-likeness (QED) is 0.597. The Bertz CT molecular complexity index is 568. The highest BCUT2D eigenvalue weighted by Gasteiger charge is 2.07. The smallest absolute Gasteiger partial charge is 0.257 e. The van der Waals surface area contributed by atoms with Crippen molar-refractivity contribution in [2.45, 2.75) is 12.8 Å². The van der Waals surface area contributed by atoms with Crippen LogP contribution in [-0.2, 0) is 4.79 Å². The van der Waals surface area contributed by atoms with Crippen molar-refractivity contribution in [1.82, 2.24) is 24.7 Å². The first kappa shape index (κ1) is 13.7. The topological polar surface area (TPSA) is 124 Å². The van der Waals surface area contributed by atoms with Crippen molar-refractivity contribution in [3.8, 4) is 5.95 Å². The fraction of sp³-hybridized carbons (Fsp3) is 0.364. The highest BCUT2D eigenvalue weighted by atomic mass is 16.1. The van der Waals surface area contributed by atoms with Gasteiger partial charge in [0.2, 0.25) is 17.8 Å². The number of hydrogen-bond donors (Lipinski definition) is 3. The molecule has 0 unspecified atom stereocenters. The molecule has 2 aromatic heterocycles. The van der Waals surface area contributed by atoms with Gasteiger partial charge < -0.3 is 16.4 Å². The van der Waals surface area contributed by atoms with Gasteiger partial charge in [0.25, 0.3) is 5.95 Å². The highest BCUT2D eigenvalue weighted by Crippen LogP contribution is 2.08.